The van der Waals surface area contributed by atoms with Crippen molar-refractivity contribution in [3.8, 4) is 0 Å². The van der Waals surface area contributed by atoms with E-state index in [1.807, 2.05) is 0 Å². The lowest BCUT2D eigenvalue weighted by Crippen LogP contribution is -2.40. The van der Waals surface area contributed by atoms with Crippen molar-refractivity contribution in [1.29, 1.82) is 0 Å². The smallest absolute Gasteiger partial charge is 0.325 e. The SMILES string of the molecule is C[C@H](OC(=O)CCCN1C(=O)NC(C)(C)C1=O)C(=O)Nc1cccc(Cl)c1Cl. The molecule has 0 spiro atoms. The molecule has 1 saturated heterocycles. The van der Waals surface area contributed by atoms with Gasteiger partial charge in [0.1, 0.15) is 5.54 Å². The Morgan fingerprint density at radius 1 is 1.29 bits per heavy atom. The van der Waals surface area contributed by atoms with Crippen LogP contribution in [0.3, 0.4) is 0 Å². The van der Waals surface area contributed by atoms with Gasteiger partial charge >= 0.3 is 12.0 Å². The molecule has 0 aliphatic carbocycles. The van der Waals surface area contributed by atoms with Gasteiger partial charge in [0.15, 0.2) is 6.10 Å². The number of halogens is 2. The van der Waals surface area contributed by atoms with E-state index in [9.17, 15) is 19.2 Å². The fourth-order valence-electron chi connectivity index (χ4n) is 2.55. The Balaban J connectivity index is 1.79. The maximum absolute atomic E-state index is 12.2. The molecular formula is C18H21Cl2N3O5. The summed E-state index contributed by atoms with van der Waals surface area (Å²) in [7, 11) is 0. The number of urea groups is 1. The van der Waals surface area contributed by atoms with Gasteiger partial charge in [-0.05, 0) is 39.3 Å². The molecule has 1 aliphatic heterocycles. The molecule has 2 N–H and O–H groups in total. The minimum Gasteiger partial charge on any atom is -0.453 e. The van der Waals surface area contributed by atoms with Crippen LogP contribution >= 0.6 is 23.2 Å². The number of anilines is 1. The second-order valence-corrected chi connectivity index (χ2v) is 7.62. The number of carbonyl (C=O) groups is 4. The zero-order valence-corrected chi connectivity index (χ0v) is 17.2. The van der Waals surface area contributed by atoms with E-state index in [0.717, 1.165) is 4.90 Å². The molecule has 2 rings (SSSR count). The lowest BCUT2D eigenvalue weighted by atomic mass is 10.1. The predicted octanol–water partition coefficient (Wildman–Crippen LogP) is 2.97. The Hall–Kier alpha value is -2.32. The first kappa shape index (κ1) is 22.0. The summed E-state index contributed by atoms with van der Waals surface area (Å²) in [5.41, 5.74) is -0.644. The first-order valence-electron chi connectivity index (χ1n) is 8.61. The summed E-state index contributed by atoms with van der Waals surface area (Å²) in [4.78, 5) is 49.0. The van der Waals surface area contributed by atoms with E-state index in [4.69, 9.17) is 27.9 Å². The molecule has 1 aromatic rings. The summed E-state index contributed by atoms with van der Waals surface area (Å²) in [5.74, 6) is -1.53. The zero-order valence-electron chi connectivity index (χ0n) is 15.7. The summed E-state index contributed by atoms with van der Waals surface area (Å²) in [5, 5.41) is 5.57. The van der Waals surface area contributed by atoms with Crippen LogP contribution in [0.5, 0.6) is 0 Å². The van der Waals surface area contributed by atoms with Gasteiger partial charge in [-0.1, -0.05) is 29.3 Å². The first-order chi connectivity index (χ1) is 13.0. The maximum atomic E-state index is 12.2. The Morgan fingerprint density at radius 3 is 2.57 bits per heavy atom. The molecule has 0 radical (unpaired) electrons. The summed E-state index contributed by atoms with van der Waals surface area (Å²) < 4.78 is 5.08. The standard InChI is InChI=1S/C18H21Cl2N3O5/c1-10(15(25)21-12-7-4-6-11(19)14(12)20)28-13(24)8-5-9-23-16(26)18(2,3)22-17(23)27/h4,6-7,10H,5,8-9H2,1-3H3,(H,21,25)(H,22,27)/t10-/m0/s1. The van der Waals surface area contributed by atoms with E-state index in [1.54, 1.807) is 32.0 Å². The lowest BCUT2D eigenvalue weighted by Gasteiger charge is -2.16. The molecule has 28 heavy (non-hydrogen) atoms. The molecule has 1 heterocycles. The van der Waals surface area contributed by atoms with E-state index in [1.165, 1.54) is 6.92 Å². The van der Waals surface area contributed by atoms with Crippen molar-refractivity contribution in [1.82, 2.24) is 10.2 Å². The van der Waals surface area contributed by atoms with Gasteiger partial charge in [-0.25, -0.2) is 4.79 Å². The van der Waals surface area contributed by atoms with Gasteiger partial charge in [-0.2, -0.15) is 0 Å². The van der Waals surface area contributed by atoms with Crippen LogP contribution in [-0.2, 0) is 19.1 Å². The highest BCUT2D eigenvalue weighted by molar-refractivity contribution is 6.44. The van der Waals surface area contributed by atoms with Crippen molar-refractivity contribution in [2.45, 2.75) is 45.3 Å². The number of hydrogen-bond acceptors (Lipinski definition) is 5. The topological polar surface area (TPSA) is 105 Å². The average molecular weight is 430 g/mol. The quantitative estimate of drug-likeness (QED) is 0.511. The van der Waals surface area contributed by atoms with Crippen LogP contribution in [0.1, 0.15) is 33.6 Å². The molecule has 1 aliphatic rings. The number of imide groups is 1. The van der Waals surface area contributed by atoms with Crippen LogP contribution in [0.15, 0.2) is 18.2 Å². The minimum atomic E-state index is -1.06. The highest BCUT2D eigenvalue weighted by Gasteiger charge is 2.43. The van der Waals surface area contributed by atoms with Gasteiger partial charge in [-0.3, -0.25) is 19.3 Å². The summed E-state index contributed by atoms with van der Waals surface area (Å²) in [6.07, 6.45) is -0.881. The molecule has 0 saturated carbocycles. The van der Waals surface area contributed by atoms with Crippen LogP contribution in [-0.4, -0.2) is 46.9 Å². The number of amides is 4. The molecule has 152 valence electrons. The molecule has 0 bridgehead atoms. The Kier molecular flexibility index (Phi) is 6.90. The third kappa shape index (κ3) is 5.14. The normalized spacial score (nSPS) is 16.5. The molecule has 1 aromatic carbocycles. The van der Waals surface area contributed by atoms with Crippen LogP contribution in [0.4, 0.5) is 10.5 Å². The first-order valence-corrected chi connectivity index (χ1v) is 9.37. The van der Waals surface area contributed by atoms with Crippen molar-refractivity contribution in [2.75, 3.05) is 11.9 Å². The van der Waals surface area contributed by atoms with E-state index in [0.29, 0.717) is 5.69 Å². The molecule has 0 aromatic heterocycles. The Bertz CT molecular complexity index is 812. The van der Waals surface area contributed by atoms with Crippen LogP contribution < -0.4 is 10.6 Å². The fourth-order valence-corrected chi connectivity index (χ4v) is 2.89. The number of benzene rings is 1. The third-order valence-electron chi connectivity index (χ3n) is 4.09. The van der Waals surface area contributed by atoms with Crippen LogP contribution in [0, 0.1) is 0 Å². The van der Waals surface area contributed by atoms with Crippen molar-refractivity contribution < 1.29 is 23.9 Å². The Labute approximate surface area is 172 Å². The van der Waals surface area contributed by atoms with Crippen molar-refractivity contribution in [3.05, 3.63) is 28.2 Å². The molecule has 4 amide bonds. The molecule has 8 nitrogen and oxygen atoms in total. The fraction of sp³-hybridized carbons (Fsp3) is 0.444. The average Bonchev–Trinajstić information content (AvgIpc) is 2.80. The van der Waals surface area contributed by atoms with Gasteiger partial charge in [0, 0.05) is 13.0 Å². The summed E-state index contributed by atoms with van der Waals surface area (Å²) >= 11 is 11.9. The second-order valence-electron chi connectivity index (χ2n) is 6.84. The van der Waals surface area contributed by atoms with Gasteiger partial charge in [-0.15, -0.1) is 0 Å². The van der Waals surface area contributed by atoms with Gasteiger partial charge < -0.3 is 15.4 Å². The van der Waals surface area contributed by atoms with E-state index >= 15 is 0 Å². The highest BCUT2D eigenvalue weighted by Crippen LogP contribution is 2.29. The largest absolute Gasteiger partial charge is 0.453 e. The van der Waals surface area contributed by atoms with Crippen molar-refractivity contribution >= 4 is 52.7 Å². The van der Waals surface area contributed by atoms with E-state index in [2.05, 4.69) is 10.6 Å². The van der Waals surface area contributed by atoms with Crippen LogP contribution in [0.25, 0.3) is 0 Å². The monoisotopic (exact) mass is 429 g/mol. The molecule has 1 atom stereocenters. The molecule has 1 fully saturated rings. The van der Waals surface area contributed by atoms with E-state index < -0.39 is 29.6 Å². The van der Waals surface area contributed by atoms with Gasteiger partial charge in [0.25, 0.3) is 11.8 Å². The maximum Gasteiger partial charge on any atom is 0.325 e. The number of nitrogens with one attached hydrogen (secondary N) is 2. The third-order valence-corrected chi connectivity index (χ3v) is 4.91. The van der Waals surface area contributed by atoms with Crippen LogP contribution in [0.2, 0.25) is 10.0 Å². The molecule has 0 unspecified atom stereocenters. The lowest BCUT2D eigenvalue weighted by molar-refractivity contribution is -0.153. The predicted molar refractivity (Wildman–Crippen MR) is 104 cm³/mol. The minimum absolute atomic E-state index is 0.0486. The zero-order chi connectivity index (χ0) is 21.1. The number of esters is 1. The number of nitrogens with zero attached hydrogens (tertiary/aromatic N) is 1. The Morgan fingerprint density at radius 2 is 1.96 bits per heavy atom. The number of hydrogen-bond donors (Lipinski definition) is 2. The number of carbonyl (C=O) groups excluding carboxylic acids is 4. The molecular weight excluding hydrogens is 409 g/mol. The second kappa shape index (κ2) is 8.79. The van der Waals surface area contributed by atoms with Gasteiger partial charge in [0.05, 0.1) is 15.7 Å². The van der Waals surface area contributed by atoms with E-state index in [-0.39, 0.29) is 35.3 Å². The molecule has 10 heteroatoms. The number of ether oxygens (including phenoxy) is 1. The van der Waals surface area contributed by atoms with Gasteiger partial charge in [0.2, 0.25) is 0 Å². The summed E-state index contributed by atoms with van der Waals surface area (Å²) in [6, 6.07) is 4.28. The van der Waals surface area contributed by atoms with Crippen molar-refractivity contribution in [2.24, 2.45) is 0 Å². The summed E-state index contributed by atoms with van der Waals surface area (Å²) in [6.45, 7) is 4.72. The number of rotatable bonds is 7. The van der Waals surface area contributed by atoms with Crippen molar-refractivity contribution in [3.63, 3.8) is 0 Å². The highest BCUT2D eigenvalue weighted by atomic mass is 35.5.